The smallest absolute Gasteiger partial charge is 0.225 e. The Morgan fingerprint density at radius 3 is 2.52 bits per heavy atom. The fraction of sp³-hybridized carbons (Fsp3) is 0.304. The molecule has 29 heavy (non-hydrogen) atoms. The van der Waals surface area contributed by atoms with Gasteiger partial charge in [-0.05, 0) is 56.2 Å². The Kier molecular flexibility index (Phi) is 6.89. The van der Waals surface area contributed by atoms with Crippen LogP contribution in [0.1, 0.15) is 37.9 Å². The van der Waals surface area contributed by atoms with E-state index >= 15 is 0 Å². The lowest BCUT2D eigenvalue weighted by Crippen LogP contribution is -2.28. The molecule has 6 nitrogen and oxygen atoms in total. The zero-order chi connectivity index (χ0) is 20.6. The Labute approximate surface area is 171 Å². The summed E-state index contributed by atoms with van der Waals surface area (Å²) in [4.78, 5) is 12.5. The Balaban J connectivity index is 1.63. The van der Waals surface area contributed by atoms with E-state index in [4.69, 9.17) is 9.47 Å². The van der Waals surface area contributed by atoms with Gasteiger partial charge in [0, 0.05) is 6.20 Å². The monoisotopic (exact) mass is 393 g/mol. The van der Waals surface area contributed by atoms with Gasteiger partial charge in [-0.2, -0.15) is 5.10 Å². The van der Waals surface area contributed by atoms with Gasteiger partial charge in [0.1, 0.15) is 0 Å². The molecule has 1 heterocycles. The third-order valence-electron chi connectivity index (χ3n) is 4.47. The number of carbonyl (C=O) groups is 1. The SMILES string of the molecule is CCOc1ccc(C(C)NC(=O)Cc2cnn(-c3ccccc3)c2)cc1OCC. The summed E-state index contributed by atoms with van der Waals surface area (Å²) in [5.74, 6) is 1.35. The van der Waals surface area contributed by atoms with Crippen molar-refractivity contribution in [2.24, 2.45) is 0 Å². The molecule has 0 radical (unpaired) electrons. The largest absolute Gasteiger partial charge is 0.490 e. The maximum Gasteiger partial charge on any atom is 0.225 e. The Morgan fingerprint density at radius 1 is 1.07 bits per heavy atom. The molecule has 1 atom stereocenters. The van der Waals surface area contributed by atoms with Gasteiger partial charge >= 0.3 is 0 Å². The van der Waals surface area contributed by atoms with Crippen molar-refractivity contribution in [3.8, 4) is 17.2 Å². The van der Waals surface area contributed by atoms with Gasteiger partial charge in [0.25, 0.3) is 0 Å². The normalized spacial score (nSPS) is 11.7. The highest BCUT2D eigenvalue weighted by Crippen LogP contribution is 2.30. The lowest BCUT2D eigenvalue weighted by atomic mass is 10.1. The van der Waals surface area contributed by atoms with Crippen molar-refractivity contribution in [2.45, 2.75) is 33.2 Å². The number of benzene rings is 2. The average Bonchev–Trinajstić information content (AvgIpc) is 3.18. The van der Waals surface area contributed by atoms with Crippen LogP contribution in [0.4, 0.5) is 0 Å². The zero-order valence-corrected chi connectivity index (χ0v) is 17.1. The first-order chi connectivity index (χ1) is 14.1. The number of rotatable bonds is 9. The van der Waals surface area contributed by atoms with Gasteiger partial charge in [0.2, 0.25) is 5.91 Å². The first kappa shape index (κ1) is 20.5. The lowest BCUT2D eigenvalue weighted by Gasteiger charge is -2.17. The first-order valence-corrected chi connectivity index (χ1v) is 9.88. The van der Waals surface area contributed by atoms with Gasteiger partial charge in [0.15, 0.2) is 11.5 Å². The van der Waals surface area contributed by atoms with Gasteiger partial charge in [-0.25, -0.2) is 4.68 Å². The number of hydrogen-bond acceptors (Lipinski definition) is 4. The average molecular weight is 393 g/mol. The number of para-hydroxylation sites is 1. The molecule has 0 aliphatic carbocycles. The topological polar surface area (TPSA) is 65.4 Å². The van der Waals surface area contributed by atoms with Crippen molar-refractivity contribution in [2.75, 3.05) is 13.2 Å². The molecule has 0 aliphatic rings. The Bertz CT molecular complexity index is 938. The molecule has 3 rings (SSSR count). The van der Waals surface area contributed by atoms with Crippen LogP contribution in [-0.2, 0) is 11.2 Å². The first-order valence-electron chi connectivity index (χ1n) is 9.88. The van der Waals surface area contributed by atoms with Crippen LogP contribution in [0.2, 0.25) is 0 Å². The highest BCUT2D eigenvalue weighted by atomic mass is 16.5. The molecule has 0 bridgehead atoms. The van der Waals surface area contributed by atoms with Gasteiger partial charge in [-0.1, -0.05) is 24.3 Å². The van der Waals surface area contributed by atoms with Crippen molar-refractivity contribution >= 4 is 5.91 Å². The van der Waals surface area contributed by atoms with Crippen molar-refractivity contribution in [1.29, 1.82) is 0 Å². The number of nitrogens with zero attached hydrogens (tertiary/aromatic N) is 2. The minimum Gasteiger partial charge on any atom is -0.490 e. The van der Waals surface area contributed by atoms with E-state index in [0.717, 1.165) is 16.8 Å². The maximum absolute atomic E-state index is 12.5. The molecule has 0 aliphatic heterocycles. The van der Waals surface area contributed by atoms with Gasteiger partial charge in [-0.15, -0.1) is 0 Å². The van der Waals surface area contributed by atoms with Crippen molar-refractivity contribution in [3.05, 3.63) is 72.1 Å². The number of amides is 1. The molecular formula is C23H27N3O3. The number of nitrogens with one attached hydrogen (secondary N) is 1. The predicted molar refractivity (Wildman–Crippen MR) is 113 cm³/mol. The predicted octanol–water partition coefficient (Wildman–Crippen LogP) is 4.09. The Hall–Kier alpha value is -3.28. The van der Waals surface area contributed by atoms with E-state index in [1.165, 1.54) is 0 Å². The van der Waals surface area contributed by atoms with Crippen LogP contribution in [0.15, 0.2) is 60.9 Å². The molecule has 6 heteroatoms. The van der Waals surface area contributed by atoms with Gasteiger partial charge in [0.05, 0.1) is 37.6 Å². The van der Waals surface area contributed by atoms with Crippen LogP contribution in [0.25, 0.3) is 5.69 Å². The van der Waals surface area contributed by atoms with Crippen LogP contribution < -0.4 is 14.8 Å². The summed E-state index contributed by atoms with van der Waals surface area (Å²) in [6.07, 6.45) is 3.87. The van der Waals surface area contributed by atoms with Crippen LogP contribution in [0.5, 0.6) is 11.5 Å². The number of ether oxygens (including phenoxy) is 2. The van der Waals surface area contributed by atoms with E-state index in [2.05, 4.69) is 10.4 Å². The maximum atomic E-state index is 12.5. The fourth-order valence-electron chi connectivity index (χ4n) is 3.07. The molecule has 1 aromatic heterocycles. The summed E-state index contributed by atoms with van der Waals surface area (Å²) in [6.45, 7) is 6.95. The summed E-state index contributed by atoms with van der Waals surface area (Å²) in [7, 11) is 0. The summed E-state index contributed by atoms with van der Waals surface area (Å²) in [5, 5.41) is 7.38. The van der Waals surface area contributed by atoms with Gasteiger partial charge < -0.3 is 14.8 Å². The molecule has 3 aromatic rings. The standard InChI is InChI=1S/C23H27N3O3/c1-4-28-21-12-11-19(14-22(21)29-5-2)17(3)25-23(27)13-18-15-24-26(16-18)20-9-7-6-8-10-20/h6-12,14-17H,4-5,13H2,1-3H3,(H,25,27). The van der Waals surface area contributed by atoms with E-state index in [0.29, 0.717) is 24.7 Å². The van der Waals surface area contributed by atoms with Crippen molar-refractivity contribution in [3.63, 3.8) is 0 Å². The second kappa shape index (κ2) is 9.78. The summed E-state index contributed by atoms with van der Waals surface area (Å²) in [6, 6.07) is 15.4. The highest BCUT2D eigenvalue weighted by molar-refractivity contribution is 5.78. The minimum atomic E-state index is -0.151. The molecule has 2 aromatic carbocycles. The van der Waals surface area contributed by atoms with Crippen molar-refractivity contribution in [1.82, 2.24) is 15.1 Å². The van der Waals surface area contributed by atoms with E-state index in [1.54, 1.807) is 10.9 Å². The summed E-state index contributed by atoms with van der Waals surface area (Å²) < 4.78 is 13.0. The fourth-order valence-corrected chi connectivity index (χ4v) is 3.07. The molecule has 1 amide bonds. The third kappa shape index (κ3) is 5.38. The molecule has 0 spiro atoms. The molecular weight excluding hydrogens is 366 g/mol. The number of carbonyl (C=O) groups excluding carboxylic acids is 1. The van der Waals surface area contributed by atoms with E-state index < -0.39 is 0 Å². The number of aromatic nitrogens is 2. The summed E-state index contributed by atoms with van der Waals surface area (Å²) >= 11 is 0. The molecule has 0 saturated carbocycles. The van der Waals surface area contributed by atoms with Crippen molar-refractivity contribution < 1.29 is 14.3 Å². The zero-order valence-electron chi connectivity index (χ0n) is 17.1. The molecule has 0 fully saturated rings. The quantitative estimate of drug-likeness (QED) is 0.595. The second-order valence-corrected chi connectivity index (χ2v) is 6.67. The number of hydrogen-bond donors (Lipinski definition) is 1. The summed E-state index contributed by atoms with van der Waals surface area (Å²) in [5.41, 5.74) is 2.79. The van der Waals surface area contributed by atoms with Crippen LogP contribution >= 0.6 is 0 Å². The van der Waals surface area contributed by atoms with Crippen LogP contribution in [0.3, 0.4) is 0 Å². The molecule has 1 unspecified atom stereocenters. The molecule has 0 saturated heterocycles. The minimum absolute atomic E-state index is 0.0584. The van der Waals surface area contributed by atoms with E-state index in [1.807, 2.05) is 75.5 Å². The lowest BCUT2D eigenvalue weighted by molar-refractivity contribution is -0.121. The van der Waals surface area contributed by atoms with E-state index in [9.17, 15) is 4.79 Å². The molecule has 152 valence electrons. The van der Waals surface area contributed by atoms with Crippen LogP contribution in [-0.4, -0.2) is 28.9 Å². The third-order valence-corrected chi connectivity index (χ3v) is 4.47. The molecule has 1 N–H and O–H groups in total. The Morgan fingerprint density at radius 2 is 1.79 bits per heavy atom. The van der Waals surface area contributed by atoms with Gasteiger partial charge in [-0.3, -0.25) is 4.79 Å². The van der Waals surface area contributed by atoms with E-state index in [-0.39, 0.29) is 18.4 Å². The second-order valence-electron chi connectivity index (χ2n) is 6.67. The highest BCUT2D eigenvalue weighted by Gasteiger charge is 2.14. The van der Waals surface area contributed by atoms with Crippen LogP contribution in [0, 0.1) is 0 Å².